The summed E-state index contributed by atoms with van der Waals surface area (Å²) in [5, 5.41) is 1.11. The molecule has 0 radical (unpaired) electrons. The topological polar surface area (TPSA) is 56.4 Å². The van der Waals surface area contributed by atoms with Crippen LogP contribution >= 0.6 is 0 Å². The number of aryl methyl sites for hydroxylation is 2. The van der Waals surface area contributed by atoms with Gasteiger partial charge in [0.05, 0.1) is 17.1 Å². The monoisotopic (exact) mass is 401 g/mol. The van der Waals surface area contributed by atoms with Crippen LogP contribution in [0.5, 0.6) is 0 Å². The molecule has 3 atom stereocenters. The fourth-order valence-corrected chi connectivity index (χ4v) is 5.44. The Bertz CT molecular complexity index is 1130. The van der Waals surface area contributed by atoms with E-state index in [4.69, 9.17) is 0 Å². The van der Waals surface area contributed by atoms with Crippen LogP contribution in [-0.2, 0) is 4.79 Å². The van der Waals surface area contributed by atoms with Crippen LogP contribution in [0.2, 0.25) is 0 Å². The van der Waals surface area contributed by atoms with E-state index in [1.165, 1.54) is 5.56 Å². The number of aromatic nitrogens is 1. The lowest BCUT2D eigenvalue weighted by Crippen LogP contribution is -2.36. The van der Waals surface area contributed by atoms with Crippen LogP contribution in [0.1, 0.15) is 40.1 Å². The molecule has 2 saturated heterocycles. The molecule has 5 heteroatoms. The van der Waals surface area contributed by atoms with Crippen molar-refractivity contribution in [1.82, 2.24) is 14.8 Å². The maximum Gasteiger partial charge on any atom is 0.256 e. The van der Waals surface area contributed by atoms with Gasteiger partial charge in [0.1, 0.15) is 0 Å². The molecular formula is C25H27N3O2. The first kappa shape index (κ1) is 18.9. The summed E-state index contributed by atoms with van der Waals surface area (Å²) in [5.74, 6) is 0.775. The van der Waals surface area contributed by atoms with Gasteiger partial charge in [-0.05, 0) is 31.0 Å². The number of hydrogen-bond acceptors (Lipinski definition) is 2. The molecule has 0 spiro atoms. The Morgan fingerprint density at radius 3 is 2.47 bits per heavy atom. The molecule has 2 aromatic carbocycles. The van der Waals surface area contributed by atoms with Crippen molar-refractivity contribution in [2.24, 2.45) is 11.8 Å². The molecule has 2 aliphatic heterocycles. The first-order valence-corrected chi connectivity index (χ1v) is 10.6. The first-order valence-electron chi connectivity index (χ1n) is 10.6. The van der Waals surface area contributed by atoms with E-state index in [-0.39, 0.29) is 23.8 Å². The standard InChI is InChI=1S/C25H27N3O2/c1-15-16(2)26-23-20(15)10-7-11-21(23)25(30)27-12-19-13-28(17(3)29)24(22(19)14-27)18-8-5-4-6-9-18/h4-11,19,22,24,26H,12-14H2,1-3H3/t19-,22-,24-/m1/s1. The van der Waals surface area contributed by atoms with Gasteiger partial charge in [0.15, 0.2) is 0 Å². The predicted octanol–water partition coefficient (Wildman–Crippen LogP) is 4.08. The van der Waals surface area contributed by atoms with E-state index in [0.29, 0.717) is 25.6 Å². The molecule has 2 fully saturated rings. The largest absolute Gasteiger partial charge is 0.358 e. The molecule has 3 heterocycles. The highest BCUT2D eigenvalue weighted by molar-refractivity contribution is 6.06. The highest BCUT2D eigenvalue weighted by atomic mass is 16.2. The highest BCUT2D eigenvalue weighted by Crippen LogP contribution is 2.45. The smallest absolute Gasteiger partial charge is 0.256 e. The van der Waals surface area contributed by atoms with Gasteiger partial charge in [-0.1, -0.05) is 42.5 Å². The van der Waals surface area contributed by atoms with Crippen LogP contribution in [-0.4, -0.2) is 46.2 Å². The minimum atomic E-state index is 0.0391. The zero-order valence-electron chi connectivity index (χ0n) is 17.7. The maximum absolute atomic E-state index is 13.5. The average molecular weight is 402 g/mol. The molecule has 0 aliphatic carbocycles. The molecule has 1 N–H and O–H groups in total. The fraction of sp³-hybridized carbons (Fsp3) is 0.360. The maximum atomic E-state index is 13.5. The highest BCUT2D eigenvalue weighted by Gasteiger charge is 2.49. The second-order valence-electron chi connectivity index (χ2n) is 8.76. The van der Waals surface area contributed by atoms with Crippen molar-refractivity contribution < 1.29 is 9.59 Å². The second kappa shape index (κ2) is 7.01. The Labute approximate surface area is 176 Å². The number of carbonyl (C=O) groups excluding carboxylic acids is 2. The Hall–Kier alpha value is -3.08. The number of carbonyl (C=O) groups is 2. The Morgan fingerprint density at radius 2 is 1.73 bits per heavy atom. The summed E-state index contributed by atoms with van der Waals surface area (Å²) in [6, 6.07) is 16.2. The third-order valence-electron chi connectivity index (χ3n) is 7.07. The minimum Gasteiger partial charge on any atom is -0.358 e. The van der Waals surface area contributed by atoms with Crippen molar-refractivity contribution in [3.05, 3.63) is 70.9 Å². The summed E-state index contributed by atoms with van der Waals surface area (Å²) in [4.78, 5) is 33.2. The van der Waals surface area contributed by atoms with E-state index in [9.17, 15) is 9.59 Å². The van der Waals surface area contributed by atoms with Crippen LogP contribution in [0.15, 0.2) is 48.5 Å². The van der Waals surface area contributed by atoms with Gasteiger partial charge in [-0.3, -0.25) is 9.59 Å². The van der Waals surface area contributed by atoms with Gasteiger partial charge in [0.25, 0.3) is 5.91 Å². The van der Waals surface area contributed by atoms with Crippen LogP contribution in [0, 0.1) is 25.7 Å². The lowest BCUT2D eigenvalue weighted by atomic mass is 9.89. The third kappa shape index (κ3) is 2.83. The van der Waals surface area contributed by atoms with E-state index in [1.807, 2.05) is 47.1 Å². The number of amides is 2. The van der Waals surface area contributed by atoms with Gasteiger partial charge >= 0.3 is 0 Å². The van der Waals surface area contributed by atoms with Crippen LogP contribution in [0.25, 0.3) is 10.9 Å². The Morgan fingerprint density at radius 1 is 0.967 bits per heavy atom. The molecule has 5 nitrogen and oxygen atoms in total. The lowest BCUT2D eigenvalue weighted by Gasteiger charge is -2.29. The number of H-pyrrole nitrogens is 1. The quantitative estimate of drug-likeness (QED) is 0.704. The first-order chi connectivity index (χ1) is 14.5. The molecule has 2 aliphatic rings. The van der Waals surface area contributed by atoms with Crippen LogP contribution in [0.4, 0.5) is 0 Å². The summed E-state index contributed by atoms with van der Waals surface area (Å²) in [6.07, 6.45) is 0. The van der Waals surface area contributed by atoms with Crippen molar-refractivity contribution in [1.29, 1.82) is 0 Å². The molecular weight excluding hydrogens is 374 g/mol. The van der Waals surface area contributed by atoms with Crippen molar-refractivity contribution in [2.45, 2.75) is 26.8 Å². The SMILES string of the molecule is CC(=O)N1C[C@H]2CN(C(=O)c3cccc4c(C)c(C)[nH]c34)C[C@H]2[C@H]1c1ccccc1. The zero-order valence-corrected chi connectivity index (χ0v) is 17.7. The number of rotatable bonds is 2. The summed E-state index contributed by atoms with van der Waals surface area (Å²) in [7, 11) is 0. The number of aromatic amines is 1. The van der Waals surface area contributed by atoms with Crippen molar-refractivity contribution in [3.63, 3.8) is 0 Å². The molecule has 0 saturated carbocycles. The van der Waals surface area contributed by atoms with Crippen molar-refractivity contribution >= 4 is 22.7 Å². The molecule has 154 valence electrons. The molecule has 30 heavy (non-hydrogen) atoms. The number of para-hydroxylation sites is 1. The number of hydrogen-bond donors (Lipinski definition) is 1. The third-order valence-corrected chi connectivity index (χ3v) is 7.07. The number of likely N-dealkylation sites (tertiary alicyclic amines) is 2. The van der Waals surface area contributed by atoms with Crippen molar-refractivity contribution in [2.75, 3.05) is 19.6 Å². The number of fused-ring (bicyclic) bond motifs is 2. The molecule has 5 rings (SSSR count). The minimum absolute atomic E-state index is 0.0391. The van der Waals surface area contributed by atoms with E-state index >= 15 is 0 Å². The van der Waals surface area contributed by atoms with E-state index < -0.39 is 0 Å². The molecule has 3 aromatic rings. The predicted molar refractivity (Wildman–Crippen MR) is 117 cm³/mol. The number of nitrogens with one attached hydrogen (secondary N) is 1. The summed E-state index contributed by atoms with van der Waals surface area (Å²) >= 11 is 0. The lowest BCUT2D eigenvalue weighted by molar-refractivity contribution is -0.130. The van der Waals surface area contributed by atoms with Crippen LogP contribution < -0.4 is 0 Å². The molecule has 0 bridgehead atoms. The molecule has 0 unspecified atom stereocenters. The van der Waals surface area contributed by atoms with Gasteiger partial charge in [0.2, 0.25) is 5.91 Å². The summed E-state index contributed by atoms with van der Waals surface area (Å²) < 4.78 is 0. The zero-order chi connectivity index (χ0) is 21.0. The number of benzene rings is 2. The van der Waals surface area contributed by atoms with Gasteiger partial charge in [-0.2, -0.15) is 0 Å². The Balaban J connectivity index is 1.45. The van der Waals surface area contributed by atoms with Gasteiger partial charge in [-0.15, -0.1) is 0 Å². The average Bonchev–Trinajstić information content (AvgIpc) is 3.39. The Kier molecular flexibility index (Phi) is 4.42. The van der Waals surface area contributed by atoms with Crippen LogP contribution in [0.3, 0.4) is 0 Å². The second-order valence-corrected chi connectivity index (χ2v) is 8.76. The van der Waals surface area contributed by atoms with E-state index in [1.54, 1.807) is 6.92 Å². The van der Waals surface area contributed by atoms with Gasteiger partial charge < -0.3 is 14.8 Å². The van der Waals surface area contributed by atoms with Crippen molar-refractivity contribution in [3.8, 4) is 0 Å². The normalized spacial score (nSPS) is 23.2. The van der Waals surface area contributed by atoms with E-state index in [2.05, 4.69) is 30.1 Å². The van der Waals surface area contributed by atoms with Gasteiger partial charge in [-0.25, -0.2) is 0 Å². The summed E-state index contributed by atoms with van der Waals surface area (Å²) in [5.41, 5.74) is 5.12. The fourth-order valence-electron chi connectivity index (χ4n) is 5.44. The van der Waals surface area contributed by atoms with E-state index in [0.717, 1.165) is 27.7 Å². The number of nitrogens with zero attached hydrogens (tertiary/aromatic N) is 2. The molecule has 2 amide bonds. The summed E-state index contributed by atoms with van der Waals surface area (Å²) in [6.45, 7) is 7.88. The van der Waals surface area contributed by atoms with Gasteiger partial charge in [0, 0.05) is 49.5 Å². The molecule has 1 aromatic heterocycles.